The van der Waals surface area contributed by atoms with Gasteiger partial charge in [-0.3, -0.25) is 4.79 Å². The molecule has 1 atom stereocenters. The van der Waals surface area contributed by atoms with Crippen molar-refractivity contribution in [3.05, 3.63) is 24.3 Å². The van der Waals surface area contributed by atoms with E-state index in [1.807, 2.05) is 52.0 Å². The molecule has 0 aliphatic heterocycles. The predicted molar refractivity (Wildman–Crippen MR) is 97.2 cm³/mol. The van der Waals surface area contributed by atoms with Crippen LogP contribution in [0.15, 0.2) is 24.3 Å². The lowest BCUT2D eigenvalue weighted by atomic mass is 10.0. The minimum atomic E-state index is -0.340. The molecule has 1 saturated carbocycles. The average molecular weight is 332 g/mol. The van der Waals surface area contributed by atoms with Gasteiger partial charge in [0.05, 0.1) is 0 Å². The van der Waals surface area contributed by atoms with Crippen molar-refractivity contribution in [3.8, 4) is 0 Å². The van der Waals surface area contributed by atoms with Crippen LogP contribution in [-0.4, -0.2) is 29.6 Å². The largest absolute Gasteiger partial charge is 0.374 e. The van der Waals surface area contributed by atoms with Gasteiger partial charge in [0, 0.05) is 23.0 Å². The summed E-state index contributed by atoms with van der Waals surface area (Å²) < 4.78 is 0. The Bertz CT molecular complexity index is 579. The van der Waals surface area contributed by atoms with Crippen LogP contribution in [0, 0.1) is 0 Å². The Kier molecular flexibility index (Phi) is 5.70. The zero-order chi connectivity index (χ0) is 17.7. The molecule has 1 aromatic carbocycles. The highest BCUT2D eigenvalue weighted by molar-refractivity contribution is 5.90. The summed E-state index contributed by atoms with van der Waals surface area (Å²) in [4.78, 5) is 23.9. The Morgan fingerprint density at radius 3 is 2.29 bits per heavy atom. The number of urea groups is 1. The van der Waals surface area contributed by atoms with Gasteiger partial charge in [-0.15, -0.1) is 0 Å². The number of carbonyl (C=O) groups is 2. The Hall–Kier alpha value is -2.24. The van der Waals surface area contributed by atoms with Gasteiger partial charge in [0.25, 0.3) is 0 Å². The molecule has 6 nitrogen and oxygen atoms in total. The summed E-state index contributed by atoms with van der Waals surface area (Å²) >= 11 is 0. The van der Waals surface area contributed by atoms with Gasteiger partial charge < -0.3 is 21.3 Å². The third-order valence-electron chi connectivity index (χ3n) is 4.18. The zero-order valence-electron chi connectivity index (χ0n) is 14.9. The molecule has 0 aromatic heterocycles. The van der Waals surface area contributed by atoms with Crippen LogP contribution in [-0.2, 0) is 4.79 Å². The fraction of sp³-hybridized carbons (Fsp3) is 0.556. The van der Waals surface area contributed by atoms with Crippen LogP contribution in [0.3, 0.4) is 0 Å². The van der Waals surface area contributed by atoms with E-state index in [1.54, 1.807) is 0 Å². The normalized spacial score (nSPS) is 15.3. The first-order chi connectivity index (χ1) is 11.3. The average Bonchev–Trinajstić information content (AvgIpc) is 3.32. The summed E-state index contributed by atoms with van der Waals surface area (Å²) in [5, 5.41) is 11.9. The first-order valence-corrected chi connectivity index (χ1v) is 8.55. The summed E-state index contributed by atoms with van der Waals surface area (Å²) in [5.74, 6) is -0.0344. The summed E-state index contributed by atoms with van der Waals surface area (Å²) in [6.45, 7) is 7.88. The summed E-state index contributed by atoms with van der Waals surface area (Å²) in [7, 11) is 0. The van der Waals surface area contributed by atoms with E-state index in [4.69, 9.17) is 0 Å². The second kappa shape index (κ2) is 7.55. The number of rotatable bonds is 7. The number of carbonyl (C=O) groups excluding carboxylic acids is 2. The second-order valence-corrected chi connectivity index (χ2v) is 7.04. The van der Waals surface area contributed by atoms with Crippen molar-refractivity contribution in [3.63, 3.8) is 0 Å². The van der Waals surface area contributed by atoms with Gasteiger partial charge in [-0.1, -0.05) is 6.92 Å². The molecule has 0 radical (unpaired) electrons. The van der Waals surface area contributed by atoms with E-state index >= 15 is 0 Å². The van der Waals surface area contributed by atoms with Crippen LogP contribution >= 0.6 is 0 Å². The van der Waals surface area contributed by atoms with Crippen LogP contribution in [0.5, 0.6) is 0 Å². The van der Waals surface area contributed by atoms with E-state index in [0.29, 0.717) is 6.04 Å². The topological polar surface area (TPSA) is 82.3 Å². The molecule has 1 fully saturated rings. The molecule has 6 heteroatoms. The highest BCUT2D eigenvalue weighted by Gasteiger charge is 2.23. The molecule has 0 heterocycles. The molecule has 132 valence electrons. The number of anilines is 2. The number of nitrogens with one attached hydrogen (secondary N) is 4. The van der Waals surface area contributed by atoms with Crippen molar-refractivity contribution in [2.75, 3.05) is 10.6 Å². The molecule has 4 N–H and O–H groups in total. The molecule has 0 bridgehead atoms. The van der Waals surface area contributed by atoms with Crippen molar-refractivity contribution in [2.24, 2.45) is 0 Å². The molecule has 1 aliphatic rings. The number of amides is 3. The summed E-state index contributed by atoms with van der Waals surface area (Å²) in [6, 6.07) is 7.14. The van der Waals surface area contributed by atoms with E-state index in [2.05, 4.69) is 21.3 Å². The smallest absolute Gasteiger partial charge is 0.319 e. The van der Waals surface area contributed by atoms with E-state index < -0.39 is 0 Å². The fourth-order valence-corrected chi connectivity index (χ4v) is 2.08. The Morgan fingerprint density at radius 2 is 1.75 bits per heavy atom. The molecular formula is C18H28N4O2. The van der Waals surface area contributed by atoms with Gasteiger partial charge >= 0.3 is 6.03 Å². The zero-order valence-corrected chi connectivity index (χ0v) is 14.9. The lowest BCUT2D eigenvalue weighted by Gasteiger charge is -2.27. The number of hydrogen-bond donors (Lipinski definition) is 4. The van der Waals surface area contributed by atoms with E-state index in [1.165, 1.54) is 0 Å². The molecule has 0 saturated heterocycles. The third kappa shape index (κ3) is 5.76. The molecule has 1 aliphatic carbocycles. The second-order valence-electron chi connectivity index (χ2n) is 7.04. The van der Waals surface area contributed by atoms with Crippen LogP contribution in [0.1, 0.15) is 47.0 Å². The maximum Gasteiger partial charge on any atom is 0.319 e. The lowest BCUT2D eigenvalue weighted by molar-refractivity contribution is -0.123. The van der Waals surface area contributed by atoms with Crippen LogP contribution in [0.25, 0.3) is 0 Å². The maximum absolute atomic E-state index is 12.2. The molecule has 24 heavy (non-hydrogen) atoms. The Labute approximate surface area is 143 Å². The van der Waals surface area contributed by atoms with Gasteiger partial charge in [-0.05, 0) is 64.3 Å². The number of hydrogen-bond acceptors (Lipinski definition) is 3. The SMILES string of the molecule is CCC(C)(C)NC(=O)C(C)Nc1ccc(NC(=O)NC2CC2)cc1. The van der Waals surface area contributed by atoms with Gasteiger partial charge in [0.15, 0.2) is 0 Å². The quantitative estimate of drug-likeness (QED) is 0.619. The van der Waals surface area contributed by atoms with Crippen molar-refractivity contribution < 1.29 is 9.59 Å². The van der Waals surface area contributed by atoms with Gasteiger partial charge in [0.2, 0.25) is 5.91 Å². The summed E-state index contributed by atoms with van der Waals surface area (Å²) in [5.41, 5.74) is 1.35. The van der Waals surface area contributed by atoms with Crippen LogP contribution < -0.4 is 21.3 Å². The number of benzene rings is 1. The minimum absolute atomic E-state index is 0.0344. The molecule has 1 unspecified atom stereocenters. The predicted octanol–water partition coefficient (Wildman–Crippen LogP) is 3.08. The Morgan fingerprint density at radius 1 is 1.17 bits per heavy atom. The van der Waals surface area contributed by atoms with E-state index in [0.717, 1.165) is 30.6 Å². The Balaban J connectivity index is 1.83. The highest BCUT2D eigenvalue weighted by atomic mass is 16.2. The first-order valence-electron chi connectivity index (χ1n) is 8.55. The molecule has 1 aromatic rings. The maximum atomic E-state index is 12.2. The monoisotopic (exact) mass is 332 g/mol. The van der Waals surface area contributed by atoms with Crippen LogP contribution in [0.2, 0.25) is 0 Å². The fourth-order valence-electron chi connectivity index (χ4n) is 2.08. The van der Waals surface area contributed by atoms with Crippen molar-refractivity contribution in [2.45, 2.75) is 64.6 Å². The van der Waals surface area contributed by atoms with E-state index in [-0.39, 0.29) is 23.5 Å². The van der Waals surface area contributed by atoms with Gasteiger partial charge in [0.1, 0.15) is 6.04 Å². The first kappa shape index (κ1) is 18.1. The summed E-state index contributed by atoms with van der Waals surface area (Å²) in [6.07, 6.45) is 2.99. The van der Waals surface area contributed by atoms with E-state index in [9.17, 15) is 9.59 Å². The van der Waals surface area contributed by atoms with Crippen LogP contribution in [0.4, 0.5) is 16.2 Å². The minimum Gasteiger partial charge on any atom is -0.374 e. The van der Waals surface area contributed by atoms with Crippen molar-refractivity contribution in [1.29, 1.82) is 0 Å². The standard InChI is InChI=1S/C18H28N4O2/c1-5-18(3,4)22-16(23)12(2)19-13-6-8-14(9-7-13)20-17(24)21-15-10-11-15/h6-9,12,15,19H,5,10-11H2,1-4H3,(H,22,23)(H2,20,21,24). The molecular weight excluding hydrogens is 304 g/mol. The lowest BCUT2D eigenvalue weighted by Crippen LogP contribution is -2.48. The van der Waals surface area contributed by atoms with Crippen molar-refractivity contribution in [1.82, 2.24) is 10.6 Å². The molecule has 0 spiro atoms. The molecule has 2 rings (SSSR count). The molecule has 3 amide bonds. The van der Waals surface area contributed by atoms with Gasteiger partial charge in [-0.25, -0.2) is 4.79 Å². The third-order valence-corrected chi connectivity index (χ3v) is 4.18. The highest BCUT2D eigenvalue weighted by Crippen LogP contribution is 2.19. The van der Waals surface area contributed by atoms with Crippen molar-refractivity contribution >= 4 is 23.3 Å². The van der Waals surface area contributed by atoms with Gasteiger partial charge in [-0.2, -0.15) is 0 Å².